The molecule has 31 heavy (non-hydrogen) atoms. The van der Waals surface area contributed by atoms with Crippen LogP contribution in [0.2, 0.25) is 0 Å². The molecule has 1 atom stereocenters. The van der Waals surface area contributed by atoms with Crippen molar-refractivity contribution in [3.05, 3.63) is 83.7 Å². The van der Waals surface area contributed by atoms with Gasteiger partial charge in [0.05, 0.1) is 6.04 Å². The van der Waals surface area contributed by atoms with Gasteiger partial charge in [-0.1, -0.05) is 18.2 Å². The van der Waals surface area contributed by atoms with Gasteiger partial charge < -0.3 is 19.1 Å². The number of ether oxygens (including phenoxy) is 3. The fraction of sp³-hybridized carbons (Fsp3) is 0.280. The molecule has 0 radical (unpaired) electrons. The van der Waals surface area contributed by atoms with Gasteiger partial charge in [0.25, 0.3) is 5.91 Å². The van der Waals surface area contributed by atoms with E-state index < -0.39 is 0 Å². The topological polar surface area (TPSA) is 60.9 Å². The van der Waals surface area contributed by atoms with Crippen LogP contribution < -0.4 is 14.2 Å². The van der Waals surface area contributed by atoms with Crippen molar-refractivity contribution in [3.63, 3.8) is 0 Å². The van der Waals surface area contributed by atoms with E-state index in [1.807, 2.05) is 59.5 Å². The van der Waals surface area contributed by atoms with Crippen LogP contribution in [0, 0.1) is 0 Å². The molecule has 0 saturated carbocycles. The van der Waals surface area contributed by atoms with Crippen molar-refractivity contribution in [2.24, 2.45) is 0 Å². The normalized spacial score (nSPS) is 17.4. The number of fused-ring (bicyclic) bond motifs is 1. The predicted octanol–water partition coefficient (Wildman–Crippen LogP) is 4.41. The van der Waals surface area contributed by atoms with Crippen LogP contribution in [0.1, 0.15) is 40.4 Å². The lowest BCUT2D eigenvalue weighted by Gasteiger charge is -2.27. The highest BCUT2D eigenvalue weighted by atomic mass is 16.6. The summed E-state index contributed by atoms with van der Waals surface area (Å²) in [6, 6.07) is 17.3. The maximum atomic E-state index is 13.4. The molecule has 3 heterocycles. The minimum Gasteiger partial charge on any atom is -0.489 e. The van der Waals surface area contributed by atoms with Crippen LogP contribution in [-0.2, 0) is 6.61 Å². The highest BCUT2D eigenvalue weighted by Crippen LogP contribution is 2.38. The molecule has 3 aromatic rings. The van der Waals surface area contributed by atoms with E-state index in [4.69, 9.17) is 14.2 Å². The van der Waals surface area contributed by atoms with Gasteiger partial charge in [-0.15, -0.1) is 0 Å². The Bertz CT molecular complexity index is 1070. The highest BCUT2D eigenvalue weighted by Gasteiger charge is 2.31. The largest absolute Gasteiger partial charge is 0.489 e. The first-order valence-electron chi connectivity index (χ1n) is 10.6. The Hall–Kier alpha value is -3.54. The molecule has 1 saturated heterocycles. The summed E-state index contributed by atoms with van der Waals surface area (Å²) in [5.74, 6) is 2.21. The van der Waals surface area contributed by atoms with Gasteiger partial charge in [-0.05, 0) is 54.8 Å². The molecule has 5 rings (SSSR count). The molecule has 0 bridgehead atoms. The molecule has 2 aromatic carbocycles. The summed E-state index contributed by atoms with van der Waals surface area (Å²) >= 11 is 0. The van der Waals surface area contributed by atoms with Gasteiger partial charge in [-0.25, -0.2) is 0 Å². The smallest absolute Gasteiger partial charge is 0.254 e. The molecule has 0 N–H and O–H groups in total. The number of benzene rings is 2. The third kappa shape index (κ3) is 4.19. The van der Waals surface area contributed by atoms with Crippen LogP contribution in [0.15, 0.2) is 67.0 Å². The van der Waals surface area contributed by atoms with E-state index in [2.05, 4.69) is 4.98 Å². The summed E-state index contributed by atoms with van der Waals surface area (Å²) in [4.78, 5) is 19.4. The number of amides is 1. The van der Waals surface area contributed by atoms with Crippen LogP contribution in [-0.4, -0.2) is 35.5 Å². The summed E-state index contributed by atoms with van der Waals surface area (Å²) in [5.41, 5.74) is 2.70. The van der Waals surface area contributed by atoms with Gasteiger partial charge in [-0.3, -0.25) is 9.78 Å². The van der Waals surface area contributed by atoms with Gasteiger partial charge in [0.1, 0.15) is 25.6 Å². The van der Waals surface area contributed by atoms with Crippen LogP contribution >= 0.6 is 0 Å². The molecule has 158 valence electrons. The number of hydrogen-bond donors (Lipinski definition) is 0. The third-order valence-electron chi connectivity index (χ3n) is 5.67. The first-order valence-corrected chi connectivity index (χ1v) is 10.6. The van der Waals surface area contributed by atoms with Crippen molar-refractivity contribution < 1.29 is 19.0 Å². The number of likely N-dealkylation sites (tertiary alicyclic amines) is 1. The van der Waals surface area contributed by atoms with Crippen LogP contribution in [0.3, 0.4) is 0 Å². The average Bonchev–Trinajstić information content (AvgIpc) is 3.33. The molecule has 1 amide bonds. The van der Waals surface area contributed by atoms with Crippen molar-refractivity contribution in [1.29, 1.82) is 0 Å². The molecule has 6 heteroatoms. The summed E-state index contributed by atoms with van der Waals surface area (Å²) in [7, 11) is 0. The molecule has 1 unspecified atom stereocenters. The lowest BCUT2D eigenvalue weighted by molar-refractivity contribution is 0.0734. The zero-order chi connectivity index (χ0) is 21.0. The number of carbonyl (C=O) groups excluding carboxylic acids is 1. The molecule has 0 spiro atoms. The molecule has 1 fully saturated rings. The van der Waals surface area contributed by atoms with Gasteiger partial charge in [0, 0.05) is 30.1 Å². The van der Waals surface area contributed by atoms with E-state index in [1.165, 1.54) is 0 Å². The average molecular weight is 416 g/mol. The Morgan fingerprint density at radius 3 is 2.84 bits per heavy atom. The molecule has 0 aliphatic carbocycles. The number of aromatic nitrogens is 1. The van der Waals surface area contributed by atoms with Crippen LogP contribution in [0.4, 0.5) is 0 Å². The first-order chi connectivity index (χ1) is 15.3. The zero-order valence-electron chi connectivity index (χ0n) is 17.2. The van der Waals surface area contributed by atoms with Crippen molar-refractivity contribution >= 4 is 5.91 Å². The van der Waals surface area contributed by atoms with Crippen LogP contribution in [0.25, 0.3) is 0 Å². The van der Waals surface area contributed by atoms with E-state index in [1.54, 1.807) is 12.4 Å². The fourth-order valence-electron chi connectivity index (χ4n) is 4.16. The minimum absolute atomic E-state index is 0.0178. The van der Waals surface area contributed by atoms with Crippen molar-refractivity contribution in [2.45, 2.75) is 25.5 Å². The molecular weight excluding hydrogens is 392 g/mol. The highest BCUT2D eigenvalue weighted by molar-refractivity contribution is 5.95. The second-order valence-corrected chi connectivity index (χ2v) is 7.74. The van der Waals surface area contributed by atoms with E-state index in [0.717, 1.165) is 42.0 Å². The molecule has 6 nitrogen and oxygen atoms in total. The lowest BCUT2D eigenvalue weighted by atomic mass is 10.0. The molecule has 2 aliphatic rings. The minimum atomic E-state index is 0.0178. The third-order valence-corrected chi connectivity index (χ3v) is 5.67. The Labute approximate surface area is 181 Å². The Morgan fingerprint density at radius 1 is 1.06 bits per heavy atom. The number of nitrogens with zero attached hydrogens (tertiary/aromatic N) is 2. The Balaban J connectivity index is 1.32. The van der Waals surface area contributed by atoms with E-state index in [9.17, 15) is 4.79 Å². The molecule has 1 aromatic heterocycles. The van der Waals surface area contributed by atoms with Gasteiger partial charge in [0.2, 0.25) is 0 Å². The summed E-state index contributed by atoms with van der Waals surface area (Å²) in [6.45, 7) is 2.27. The van der Waals surface area contributed by atoms with Crippen molar-refractivity contribution in [3.8, 4) is 17.2 Å². The van der Waals surface area contributed by atoms with Gasteiger partial charge >= 0.3 is 0 Å². The number of rotatable bonds is 5. The SMILES string of the molecule is O=C(c1cccc(OCc2cccnc2)c1)N1CCCC1c1ccc2c(c1)OCCO2. The second-order valence-electron chi connectivity index (χ2n) is 7.74. The van der Waals surface area contributed by atoms with Gasteiger partial charge in [0.15, 0.2) is 11.5 Å². The quantitative estimate of drug-likeness (QED) is 0.617. The van der Waals surface area contributed by atoms with E-state index in [-0.39, 0.29) is 11.9 Å². The summed E-state index contributed by atoms with van der Waals surface area (Å²) in [6.07, 6.45) is 5.42. The van der Waals surface area contributed by atoms with E-state index in [0.29, 0.717) is 31.1 Å². The molecular formula is C25H24N2O4. The van der Waals surface area contributed by atoms with Gasteiger partial charge in [-0.2, -0.15) is 0 Å². The van der Waals surface area contributed by atoms with Crippen LogP contribution in [0.5, 0.6) is 17.2 Å². The fourth-order valence-corrected chi connectivity index (χ4v) is 4.16. The number of pyridine rings is 1. The zero-order valence-corrected chi connectivity index (χ0v) is 17.2. The maximum absolute atomic E-state index is 13.4. The van der Waals surface area contributed by atoms with Crippen molar-refractivity contribution in [1.82, 2.24) is 9.88 Å². The summed E-state index contributed by atoms with van der Waals surface area (Å²) < 4.78 is 17.2. The predicted molar refractivity (Wildman–Crippen MR) is 115 cm³/mol. The standard InChI is InChI=1S/C25H24N2O4/c28-25(20-5-1-6-21(14-20)31-17-18-4-2-10-26-16-18)27-11-3-7-22(27)19-8-9-23-24(15-19)30-13-12-29-23/h1-2,4-6,8-10,14-16,22H,3,7,11-13,17H2. The summed E-state index contributed by atoms with van der Waals surface area (Å²) in [5, 5.41) is 0. The molecule has 2 aliphatic heterocycles. The maximum Gasteiger partial charge on any atom is 0.254 e. The monoisotopic (exact) mass is 416 g/mol. The lowest BCUT2D eigenvalue weighted by Crippen LogP contribution is -2.30. The Kier molecular flexibility index (Phi) is 5.44. The van der Waals surface area contributed by atoms with Crippen molar-refractivity contribution in [2.75, 3.05) is 19.8 Å². The second kappa shape index (κ2) is 8.68. The van der Waals surface area contributed by atoms with E-state index >= 15 is 0 Å². The Morgan fingerprint density at radius 2 is 1.97 bits per heavy atom. The first kappa shape index (κ1) is 19.4. The number of hydrogen-bond acceptors (Lipinski definition) is 5. The number of carbonyl (C=O) groups is 1.